The third kappa shape index (κ3) is 2.73. The molecule has 2 aromatic rings. The van der Waals surface area contributed by atoms with Crippen molar-refractivity contribution >= 4 is 11.3 Å². The minimum Gasteiger partial charge on any atom is -0.330 e. The molecule has 90 valence electrons. The third-order valence-electron chi connectivity index (χ3n) is 2.75. The van der Waals surface area contributed by atoms with Gasteiger partial charge in [0.05, 0.1) is 10.7 Å². The Morgan fingerprint density at radius 1 is 1.24 bits per heavy atom. The van der Waals surface area contributed by atoms with Crippen molar-refractivity contribution in [2.75, 3.05) is 6.54 Å². The number of nitrogens with zero attached hydrogens (tertiary/aromatic N) is 1. The topological polar surface area (TPSA) is 38.9 Å². The number of rotatable bonds is 4. The molecule has 0 aliphatic rings. The molecular formula is C14H18N2S. The molecule has 3 heteroatoms. The van der Waals surface area contributed by atoms with E-state index in [2.05, 4.69) is 38.1 Å². The molecule has 0 fully saturated rings. The lowest BCUT2D eigenvalue weighted by atomic mass is 10.1. The van der Waals surface area contributed by atoms with Crippen LogP contribution in [0.2, 0.25) is 0 Å². The predicted molar refractivity (Wildman–Crippen MR) is 74.4 cm³/mol. The summed E-state index contributed by atoms with van der Waals surface area (Å²) in [5.74, 6) is 0. The fourth-order valence-electron chi connectivity index (χ4n) is 1.81. The van der Waals surface area contributed by atoms with Gasteiger partial charge in [-0.15, -0.1) is 11.3 Å². The Bertz CT molecular complexity index is 485. The summed E-state index contributed by atoms with van der Waals surface area (Å²) in [5.41, 5.74) is 9.22. The van der Waals surface area contributed by atoms with Crippen molar-refractivity contribution in [2.24, 2.45) is 5.73 Å². The van der Waals surface area contributed by atoms with E-state index in [1.807, 2.05) is 0 Å². The van der Waals surface area contributed by atoms with E-state index in [1.165, 1.54) is 16.0 Å². The molecule has 0 spiro atoms. The number of thiazole rings is 1. The molecule has 1 aromatic carbocycles. The molecule has 0 aliphatic carbocycles. The van der Waals surface area contributed by atoms with Gasteiger partial charge in [0.1, 0.15) is 0 Å². The zero-order chi connectivity index (χ0) is 12.3. The Kier molecular flexibility index (Phi) is 3.92. The molecule has 0 bridgehead atoms. The molecule has 1 aromatic heterocycles. The first-order chi connectivity index (χ1) is 8.24. The van der Waals surface area contributed by atoms with Crippen LogP contribution in [0.5, 0.6) is 0 Å². The number of hydrogen-bond donors (Lipinski definition) is 1. The van der Waals surface area contributed by atoms with Gasteiger partial charge in [-0.05, 0) is 19.9 Å². The van der Waals surface area contributed by atoms with Gasteiger partial charge in [0.2, 0.25) is 0 Å². The molecule has 2 nitrogen and oxygen atoms in total. The summed E-state index contributed by atoms with van der Waals surface area (Å²) in [7, 11) is 0. The van der Waals surface area contributed by atoms with E-state index < -0.39 is 0 Å². The molecule has 2 rings (SSSR count). The summed E-state index contributed by atoms with van der Waals surface area (Å²) in [6, 6.07) is 8.57. The Labute approximate surface area is 107 Å². The fourth-order valence-corrected chi connectivity index (χ4v) is 2.85. The van der Waals surface area contributed by atoms with Gasteiger partial charge in [-0.2, -0.15) is 0 Å². The fraction of sp³-hybridized carbons (Fsp3) is 0.357. The van der Waals surface area contributed by atoms with E-state index in [0.717, 1.165) is 23.5 Å². The van der Waals surface area contributed by atoms with Crippen molar-refractivity contribution in [3.63, 3.8) is 0 Å². The van der Waals surface area contributed by atoms with Crippen molar-refractivity contribution in [3.8, 4) is 11.3 Å². The van der Waals surface area contributed by atoms with E-state index in [0.29, 0.717) is 6.54 Å². The molecule has 0 radical (unpaired) electrons. The normalized spacial score (nSPS) is 10.8. The van der Waals surface area contributed by atoms with Crippen LogP contribution in [0.3, 0.4) is 0 Å². The van der Waals surface area contributed by atoms with Crippen LogP contribution in [0.4, 0.5) is 0 Å². The largest absolute Gasteiger partial charge is 0.330 e. The molecular weight excluding hydrogens is 228 g/mol. The van der Waals surface area contributed by atoms with Crippen molar-refractivity contribution in [2.45, 2.75) is 26.7 Å². The van der Waals surface area contributed by atoms with Gasteiger partial charge in [0.25, 0.3) is 0 Å². The Morgan fingerprint density at radius 2 is 1.94 bits per heavy atom. The lowest BCUT2D eigenvalue weighted by Gasteiger charge is -2.00. The Balaban J connectivity index is 2.39. The minimum atomic E-state index is 0.671. The van der Waals surface area contributed by atoms with Gasteiger partial charge in [0.15, 0.2) is 0 Å². The second-order valence-corrected chi connectivity index (χ2v) is 5.31. The van der Waals surface area contributed by atoms with Gasteiger partial charge in [-0.1, -0.05) is 36.8 Å². The lowest BCUT2D eigenvalue weighted by molar-refractivity contribution is 0.953. The van der Waals surface area contributed by atoms with Crippen LogP contribution in [0, 0.1) is 6.92 Å². The maximum absolute atomic E-state index is 5.59. The van der Waals surface area contributed by atoms with Gasteiger partial charge in [0, 0.05) is 16.9 Å². The second kappa shape index (κ2) is 5.43. The quantitative estimate of drug-likeness (QED) is 0.900. The molecule has 0 amide bonds. The first-order valence-corrected chi connectivity index (χ1v) is 6.82. The van der Waals surface area contributed by atoms with Gasteiger partial charge < -0.3 is 5.73 Å². The van der Waals surface area contributed by atoms with Gasteiger partial charge >= 0.3 is 0 Å². The summed E-state index contributed by atoms with van der Waals surface area (Å²) < 4.78 is 0. The molecule has 1 heterocycles. The molecule has 0 aliphatic heterocycles. The summed E-state index contributed by atoms with van der Waals surface area (Å²) in [6.45, 7) is 4.95. The highest BCUT2D eigenvalue weighted by molar-refractivity contribution is 7.12. The number of aryl methyl sites for hydroxylation is 2. The van der Waals surface area contributed by atoms with E-state index >= 15 is 0 Å². The number of aromatic nitrogens is 1. The molecule has 0 saturated carbocycles. The SMILES string of the molecule is CCc1sc(CCN)nc1-c1ccc(C)cc1. The van der Waals surface area contributed by atoms with Gasteiger partial charge in [-0.25, -0.2) is 4.98 Å². The van der Waals surface area contributed by atoms with Crippen LogP contribution in [0.15, 0.2) is 24.3 Å². The highest BCUT2D eigenvalue weighted by Crippen LogP contribution is 2.29. The zero-order valence-corrected chi connectivity index (χ0v) is 11.2. The average molecular weight is 246 g/mol. The summed E-state index contributed by atoms with van der Waals surface area (Å²) >= 11 is 1.79. The van der Waals surface area contributed by atoms with E-state index in [9.17, 15) is 0 Å². The number of hydrogen-bond acceptors (Lipinski definition) is 3. The minimum absolute atomic E-state index is 0.671. The Morgan fingerprint density at radius 3 is 2.53 bits per heavy atom. The first-order valence-electron chi connectivity index (χ1n) is 6.00. The van der Waals surface area contributed by atoms with Crippen molar-refractivity contribution in [1.82, 2.24) is 4.98 Å². The maximum atomic E-state index is 5.59. The molecule has 0 saturated heterocycles. The zero-order valence-electron chi connectivity index (χ0n) is 10.4. The van der Waals surface area contributed by atoms with Crippen molar-refractivity contribution in [1.29, 1.82) is 0 Å². The van der Waals surface area contributed by atoms with Crippen LogP contribution in [0.25, 0.3) is 11.3 Å². The van der Waals surface area contributed by atoms with E-state index in [-0.39, 0.29) is 0 Å². The summed E-state index contributed by atoms with van der Waals surface area (Å²) in [4.78, 5) is 6.07. The van der Waals surface area contributed by atoms with E-state index in [4.69, 9.17) is 10.7 Å². The number of benzene rings is 1. The second-order valence-electron chi connectivity index (χ2n) is 4.14. The van der Waals surface area contributed by atoms with Crippen LogP contribution in [0.1, 0.15) is 22.4 Å². The highest BCUT2D eigenvalue weighted by atomic mass is 32.1. The standard InChI is InChI=1S/C14H18N2S/c1-3-12-14(16-13(17-12)8-9-15)11-6-4-10(2)5-7-11/h4-7H,3,8-9,15H2,1-2H3. The molecule has 17 heavy (non-hydrogen) atoms. The first kappa shape index (κ1) is 12.3. The van der Waals surface area contributed by atoms with E-state index in [1.54, 1.807) is 11.3 Å². The van der Waals surface area contributed by atoms with Crippen LogP contribution >= 0.6 is 11.3 Å². The van der Waals surface area contributed by atoms with Crippen LogP contribution in [-0.2, 0) is 12.8 Å². The van der Waals surface area contributed by atoms with Crippen molar-refractivity contribution in [3.05, 3.63) is 39.7 Å². The highest BCUT2D eigenvalue weighted by Gasteiger charge is 2.10. The molecule has 2 N–H and O–H groups in total. The van der Waals surface area contributed by atoms with Crippen LogP contribution < -0.4 is 5.73 Å². The summed E-state index contributed by atoms with van der Waals surface area (Å²) in [6.07, 6.45) is 1.91. The predicted octanol–water partition coefficient (Wildman–Crippen LogP) is 3.18. The van der Waals surface area contributed by atoms with Crippen molar-refractivity contribution < 1.29 is 0 Å². The monoisotopic (exact) mass is 246 g/mol. The molecule has 0 atom stereocenters. The van der Waals surface area contributed by atoms with Crippen LogP contribution in [-0.4, -0.2) is 11.5 Å². The average Bonchev–Trinajstić information content (AvgIpc) is 2.74. The number of nitrogens with two attached hydrogens (primary N) is 1. The smallest absolute Gasteiger partial charge is 0.0948 e. The van der Waals surface area contributed by atoms with Gasteiger partial charge in [-0.3, -0.25) is 0 Å². The molecule has 0 unspecified atom stereocenters. The Hall–Kier alpha value is -1.19. The summed E-state index contributed by atoms with van der Waals surface area (Å²) in [5, 5.41) is 1.15. The third-order valence-corrected chi connectivity index (χ3v) is 4.01. The lowest BCUT2D eigenvalue weighted by Crippen LogP contribution is -2.01. The maximum Gasteiger partial charge on any atom is 0.0948 e.